The maximum Gasteiger partial charge on any atom is 0.258 e. The highest BCUT2D eigenvalue weighted by Crippen LogP contribution is 2.38. The molecule has 0 bridgehead atoms. The first-order chi connectivity index (χ1) is 15.1. The highest BCUT2D eigenvalue weighted by molar-refractivity contribution is 14.1. The Morgan fingerprint density at radius 1 is 0.844 bits per heavy atom. The van der Waals surface area contributed by atoms with E-state index in [0.29, 0.717) is 0 Å². The zero-order valence-corrected chi connectivity index (χ0v) is 22.9. The number of nitrogens with one attached hydrogen (secondary N) is 2. The normalized spacial score (nSPS) is 12.8. The Kier molecular flexibility index (Phi) is 13.0. The molecule has 2 atom stereocenters. The molecule has 0 saturated heterocycles. The van der Waals surface area contributed by atoms with Crippen molar-refractivity contribution in [3.63, 3.8) is 0 Å². The standard InChI is InChI=1S/C17H22I3N3O9/c18-11-9(15(30)21-1-2-24)12(19)14(13(20)10(11)16(31)22-6-27)23(3-7(28)4-25)17(32)8(29)5-26/h7-8,24-29H,1-6H2,(H,21,30)(H,22,31). The number of amides is 3. The van der Waals surface area contributed by atoms with Crippen LogP contribution < -0.4 is 15.5 Å². The van der Waals surface area contributed by atoms with Gasteiger partial charge in [0, 0.05) is 10.1 Å². The van der Waals surface area contributed by atoms with Crippen LogP contribution in [0.1, 0.15) is 20.7 Å². The van der Waals surface area contributed by atoms with Gasteiger partial charge >= 0.3 is 0 Å². The molecule has 0 spiro atoms. The number of nitrogens with zero attached hydrogens (tertiary/aromatic N) is 1. The second-order valence-corrected chi connectivity index (χ2v) is 9.40. The van der Waals surface area contributed by atoms with Gasteiger partial charge in [0.1, 0.15) is 6.73 Å². The van der Waals surface area contributed by atoms with E-state index in [1.54, 1.807) is 67.8 Å². The number of benzene rings is 1. The van der Waals surface area contributed by atoms with E-state index in [2.05, 4.69) is 10.6 Å². The van der Waals surface area contributed by atoms with Gasteiger partial charge in [-0.05, 0) is 67.8 Å². The number of carbonyl (C=O) groups excluding carboxylic acids is 3. The molecule has 0 fully saturated rings. The average molecular weight is 793 g/mol. The molecule has 32 heavy (non-hydrogen) atoms. The summed E-state index contributed by atoms with van der Waals surface area (Å²) in [5.74, 6) is -2.46. The third-order valence-corrected chi connectivity index (χ3v) is 7.16. The summed E-state index contributed by atoms with van der Waals surface area (Å²) in [6, 6.07) is 0. The number of anilines is 1. The number of rotatable bonds is 11. The fourth-order valence-electron chi connectivity index (χ4n) is 2.52. The van der Waals surface area contributed by atoms with Gasteiger partial charge in [0.05, 0.1) is 56.4 Å². The molecule has 0 aliphatic rings. The maximum atomic E-state index is 12.8. The van der Waals surface area contributed by atoms with E-state index < -0.39 is 56.4 Å². The molecule has 1 aromatic carbocycles. The van der Waals surface area contributed by atoms with Gasteiger partial charge in [0.25, 0.3) is 17.7 Å². The fourth-order valence-corrected chi connectivity index (χ4v) is 7.25. The molecule has 0 aromatic heterocycles. The first-order valence-electron chi connectivity index (χ1n) is 8.94. The van der Waals surface area contributed by atoms with E-state index in [0.717, 1.165) is 4.90 Å². The van der Waals surface area contributed by atoms with Crippen LogP contribution in [0.5, 0.6) is 0 Å². The lowest BCUT2D eigenvalue weighted by molar-refractivity contribution is -0.128. The molecule has 0 saturated carbocycles. The Morgan fingerprint density at radius 2 is 1.38 bits per heavy atom. The first kappa shape index (κ1) is 29.6. The van der Waals surface area contributed by atoms with E-state index in [-0.39, 0.29) is 40.7 Å². The predicted octanol–water partition coefficient (Wildman–Crippen LogP) is -2.06. The van der Waals surface area contributed by atoms with Gasteiger partial charge in [-0.3, -0.25) is 14.4 Å². The van der Waals surface area contributed by atoms with Crippen molar-refractivity contribution in [2.24, 2.45) is 0 Å². The van der Waals surface area contributed by atoms with E-state index in [4.69, 9.17) is 10.2 Å². The molecule has 1 rings (SSSR count). The predicted molar refractivity (Wildman–Crippen MR) is 137 cm³/mol. The van der Waals surface area contributed by atoms with Crippen LogP contribution in [0.25, 0.3) is 0 Å². The molecule has 15 heteroatoms. The molecule has 0 radical (unpaired) electrons. The summed E-state index contributed by atoms with van der Waals surface area (Å²) < 4.78 is 0.528. The summed E-state index contributed by atoms with van der Waals surface area (Å²) in [7, 11) is 0. The second-order valence-electron chi connectivity index (χ2n) is 6.17. The summed E-state index contributed by atoms with van der Waals surface area (Å²) in [5.41, 5.74) is -0.0959. The molecular weight excluding hydrogens is 771 g/mol. The van der Waals surface area contributed by atoms with Gasteiger partial charge in [-0.2, -0.15) is 0 Å². The molecule has 8 N–H and O–H groups in total. The van der Waals surface area contributed by atoms with Crippen molar-refractivity contribution in [1.29, 1.82) is 0 Å². The van der Waals surface area contributed by atoms with E-state index in [1.165, 1.54) is 0 Å². The highest BCUT2D eigenvalue weighted by Gasteiger charge is 2.34. The number of hydrogen-bond acceptors (Lipinski definition) is 9. The van der Waals surface area contributed by atoms with Crippen molar-refractivity contribution in [3.05, 3.63) is 21.8 Å². The maximum absolute atomic E-state index is 12.8. The van der Waals surface area contributed by atoms with Crippen molar-refractivity contribution in [2.45, 2.75) is 12.2 Å². The van der Waals surface area contributed by atoms with Gasteiger partial charge in [-0.25, -0.2) is 0 Å². The largest absolute Gasteiger partial charge is 0.395 e. The Balaban J connectivity index is 3.92. The molecule has 12 nitrogen and oxygen atoms in total. The lowest BCUT2D eigenvalue weighted by atomic mass is 10.1. The van der Waals surface area contributed by atoms with Crippen molar-refractivity contribution in [1.82, 2.24) is 10.6 Å². The van der Waals surface area contributed by atoms with Crippen LogP contribution in [0, 0.1) is 10.7 Å². The van der Waals surface area contributed by atoms with Crippen molar-refractivity contribution < 1.29 is 45.0 Å². The number of halogens is 3. The van der Waals surface area contributed by atoms with Crippen molar-refractivity contribution >= 4 is 91.2 Å². The number of hydrogen-bond donors (Lipinski definition) is 8. The van der Waals surface area contributed by atoms with E-state index in [9.17, 15) is 34.8 Å². The zero-order chi connectivity index (χ0) is 24.6. The van der Waals surface area contributed by atoms with Gasteiger partial charge in [0.2, 0.25) is 0 Å². The van der Waals surface area contributed by atoms with Crippen molar-refractivity contribution in [2.75, 3.05) is 44.5 Å². The minimum absolute atomic E-state index is 0.0196. The summed E-state index contributed by atoms with van der Waals surface area (Å²) in [5, 5.41) is 61.2. The van der Waals surface area contributed by atoms with Crippen LogP contribution in [0.15, 0.2) is 0 Å². The molecular formula is C17H22I3N3O9. The molecule has 0 aliphatic carbocycles. The lowest BCUT2D eigenvalue weighted by Crippen LogP contribution is -2.46. The average Bonchev–Trinajstić information content (AvgIpc) is 2.75. The van der Waals surface area contributed by atoms with Crippen LogP contribution in [-0.2, 0) is 4.79 Å². The minimum Gasteiger partial charge on any atom is -0.395 e. The first-order valence-corrected chi connectivity index (χ1v) is 12.2. The Hall–Kier alpha value is -0.420. The second kappa shape index (κ2) is 14.1. The zero-order valence-electron chi connectivity index (χ0n) is 16.4. The fraction of sp³-hybridized carbons (Fsp3) is 0.471. The third kappa shape index (κ3) is 7.04. The van der Waals surface area contributed by atoms with E-state index in [1.807, 2.05) is 0 Å². The van der Waals surface area contributed by atoms with Crippen LogP contribution in [0.4, 0.5) is 5.69 Å². The van der Waals surface area contributed by atoms with Crippen LogP contribution >= 0.6 is 67.8 Å². The Morgan fingerprint density at radius 3 is 1.81 bits per heavy atom. The van der Waals surface area contributed by atoms with E-state index >= 15 is 0 Å². The lowest BCUT2D eigenvalue weighted by Gasteiger charge is -2.30. The van der Waals surface area contributed by atoms with Crippen LogP contribution in [-0.4, -0.2) is 100 Å². The minimum atomic E-state index is -1.87. The molecule has 0 aliphatic heterocycles. The molecule has 1 aromatic rings. The van der Waals surface area contributed by atoms with Crippen molar-refractivity contribution in [3.8, 4) is 0 Å². The molecule has 3 amide bonds. The third-order valence-electron chi connectivity index (χ3n) is 3.98. The van der Waals surface area contributed by atoms with Gasteiger partial charge in [0.15, 0.2) is 6.10 Å². The molecule has 2 unspecified atom stereocenters. The van der Waals surface area contributed by atoms with Gasteiger partial charge in [-0.15, -0.1) is 0 Å². The topological polar surface area (TPSA) is 200 Å². The summed E-state index contributed by atoms with van der Waals surface area (Å²) in [6.07, 6.45) is -3.30. The molecule has 180 valence electrons. The quantitative estimate of drug-likeness (QED) is 0.0918. The highest BCUT2D eigenvalue weighted by atomic mass is 127. The number of aliphatic hydroxyl groups is 6. The van der Waals surface area contributed by atoms with Gasteiger partial charge in [-0.1, -0.05) is 0 Å². The van der Waals surface area contributed by atoms with Gasteiger partial charge < -0.3 is 46.2 Å². The summed E-state index contributed by atoms with van der Waals surface area (Å²) in [6.45, 7) is -3.29. The Bertz CT molecular complexity index is 857. The molecule has 0 heterocycles. The summed E-state index contributed by atoms with van der Waals surface area (Å²) >= 11 is 5.29. The SMILES string of the molecule is O=C(NCO)c1c(I)c(C(=O)NCCO)c(I)c(N(CC(O)CO)C(=O)C(O)CO)c1I. The number of carbonyl (C=O) groups is 3. The van der Waals surface area contributed by atoms with Crippen LogP contribution in [0.2, 0.25) is 0 Å². The number of aliphatic hydroxyl groups excluding tert-OH is 6. The Labute approximate surface area is 223 Å². The summed E-state index contributed by atoms with van der Waals surface area (Å²) in [4.78, 5) is 39.2. The monoisotopic (exact) mass is 793 g/mol. The van der Waals surface area contributed by atoms with Crippen LogP contribution in [0.3, 0.4) is 0 Å². The smallest absolute Gasteiger partial charge is 0.258 e.